The van der Waals surface area contributed by atoms with Crippen molar-refractivity contribution in [1.29, 1.82) is 0 Å². The number of aliphatic carboxylic acids is 2. The van der Waals surface area contributed by atoms with Gasteiger partial charge in [-0.25, -0.2) is 19.1 Å². The smallest absolute Gasteiger partial charge is 0.407 e. The molecule has 0 radical (unpaired) electrons. The highest BCUT2D eigenvalue weighted by molar-refractivity contribution is 8.01. The first-order chi connectivity index (χ1) is 23.2. The van der Waals surface area contributed by atoms with Gasteiger partial charge < -0.3 is 36.2 Å². The van der Waals surface area contributed by atoms with Crippen molar-refractivity contribution in [2.75, 3.05) is 30.4 Å². The van der Waals surface area contributed by atoms with Crippen molar-refractivity contribution in [3.8, 4) is 0 Å². The first-order valence-electron chi connectivity index (χ1n) is 14.8. The van der Waals surface area contributed by atoms with Gasteiger partial charge in [-0.3, -0.25) is 14.5 Å². The van der Waals surface area contributed by atoms with E-state index in [0.29, 0.717) is 23.8 Å². The molecule has 2 aliphatic rings. The molecule has 266 valence electrons. The van der Waals surface area contributed by atoms with Crippen LogP contribution in [0.5, 0.6) is 0 Å². The molecular formula is C26H35N11O9S3. The number of unbranched alkanes of at least 4 members (excludes halogenated alkanes) is 3. The zero-order chi connectivity index (χ0) is 35.7. The zero-order valence-electron chi connectivity index (χ0n) is 26.7. The Bertz CT molecular complexity index is 1620. The Morgan fingerprint density at radius 3 is 2.59 bits per heavy atom. The van der Waals surface area contributed by atoms with Gasteiger partial charge >= 0.3 is 18.0 Å². The molecule has 2 aliphatic heterocycles. The standard InChI is InChI=1S/C26H35N11O9S3/c1-26(2,3)46-25(44)28-8-6-4-5-7-9-36-24(31-34-35-36)48-12-13-11-47-21-16(20(41)37(21)17(13)22(42)43)29-19(40)15(32-45-10-14(38)39)18-30-23(27)49-33-18/h16,21H,4-12H2,1-3H3,(H,28,44)(H,29,40)(H,38,39)(H,42,43)(H2,27,30,33)/t16?,21-/m0/s1. The molecule has 2 aromatic rings. The van der Waals surface area contributed by atoms with E-state index in [2.05, 4.69) is 45.5 Å². The summed E-state index contributed by atoms with van der Waals surface area (Å²) in [5.41, 5.74) is 4.85. The number of hydrogen-bond donors (Lipinski definition) is 5. The van der Waals surface area contributed by atoms with Gasteiger partial charge in [0.15, 0.2) is 5.13 Å². The van der Waals surface area contributed by atoms with Gasteiger partial charge in [0.05, 0.1) is 0 Å². The number of nitrogen functional groups attached to an aromatic ring is 1. The van der Waals surface area contributed by atoms with E-state index < -0.39 is 59.2 Å². The lowest BCUT2D eigenvalue weighted by Gasteiger charge is -2.49. The maximum atomic E-state index is 13.2. The van der Waals surface area contributed by atoms with Gasteiger partial charge in [-0.1, -0.05) is 29.8 Å². The summed E-state index contributed by atoms with van der Waals surface area (Å²) in [6, 6.07) is -1.11. The Morgan fingerprint density at radius 2 is 1.92 bits per heavy atom. The number of anilines is 1. The molecule has 2 aromatic heterocycles. The molecule has 4 heterocycles. The maximum Gasteiger partial charge on any atom is 0.407 e. The number of carbonyl (C=O) groups is 5. The quantitative estimate of drug-likeness (QED) is 0.0486. The van der Waals surface area contributed by atoms with Crippen LogP contribution < -0.4 is 16.4 Å². The van der Waals surface area contributed by atoms with Crippen LogP contribution in [0.15, 0.2) is 21.6 Å². The van der Waals surface area contributed by atoms with E-state index in [9.17, 15) is 29.1 Å². The van der Waals surface area contributed by atoms with Gasteiger partial charge in [-0.2, -0.15) is 9.36 Å². The molecule has 0 aliphatic carbocycles. The summed E-state index contributed by atoms with van der Waals surface area (Å²) in [5, 5.41) is 39.2. The molecule has 3 amide bonds. The Morgan fingerprint density at radius 1 is 1.16 bits per heavy atom. The SMILES string of the molecule is CC(C)(C)OC(=O)NCCCCCCn1nnnc1SCC1=C(C(=O)O)N2C(=O)C(NC(=O)C(=NOCC(=O)O)c3nsc(N)n3)[C@@H]2SC1. The number of aromatic nitrogens is 6. The highest BCUT2D eigenvalue weighted by atomic mass is 32.2. The summed E-state index contributed by atoms with van der Waals surface area (Å²) in [6.45, 7) is 5.61. The number of rotatable bonds is 17. The van der Waals surface area contributed by atoms with Crippen LogP contribution in [0.2, 0.25) is 0 Å². The Balaban J connectivity index is 1.30. The first-order valence-corrected chi connectivity index (χ1v) is 17.6. The molecule has 6 N–H and O–H groups in total. The number of ether oxygens (including phenoxy) is 1. The topological polar surface area (TPSA) is 279 Å². The fraction of sp³-hybridized carbons (Fsp3) is 0.577. The highest BCUT2D eigenvalue weighted by Crippen LogP contribution is 2.41. The van der Waals surface area contributed by atoms with Crippen LogP contribution in [0.25, 0.3) is 0 Å². The minimum Gasteiger partial charge on any atom is -0.479 e. The minimum atomic E-state index is -1.34. The van der Waals surface area contributed by atoms with Crippen LogP contribution in [-0.2, 0) is 35.3 Å². The third kappa shape index (κ3) is 10.2. The molecule has 1 unspecified atom stereocenters. The number of nitrogens with zero attached hydrogens (tertiary/aromatic N) is 8. The number of thioether (sulfide) groups is 2. The number of amides is 3. The molecule has 20 nitrogen and oxygen atoms in total. The summed E-state index contributed by atoms with van der Waals surface area (Å²) in [4.78, 5) is 70.8. The van der Waals surface area contributed by atoms with Crippen LogP contribution in [0.4, 0.5) is 9.93 Å². The van der Waals surface area contributed by atoms with Crippen LogP contribution in [-0.4, -0.2) is 122 Å². The van der Waals surface area contributed by atoms with Crippen LogP contribution in [0, 0.1) is 0 Å². The average Bonchev–Trinajstić information content (AvgIpc) is 3.66. The molecule has 23 heteroatoms. The second-order valence-corrected chi connectivity index (χ2v) is 14.3. The molecule has 2 atom stereocenters. The molecule has 49 heavy (non-hydrogen) atoms. The molecule has 1 saturated heterocycles. The molecule has 0 spiro atoms. The number of fused-ring (bicyclic) bond motifs is 1. The Kier molecular flexibility index (Phi) is 12.7. The molecule has 4 rings (SSSR count). The van der Waals surface area contributed by atoms with Crippen LogP contribution in [0.3, 0.4) is 0 Å². The average molecular weight is 742 g/mol. The lowest BCUT2D eigenvalue weighted by atomic mass is 10.0. The van der Waals surface area contributed by atoms with E-state index in [1.54, 1.807) is 25.5 Å². The van der Waals surface area contributed by atoms with Crippen molar-refractivity contribution < 1.29 is 43.8 Å². The number of oxime groups is 1. The minimum absolute atomic E-state index is 0.0136. The largest absolute Gasteiger partial charge is 0.479 e. The van der Waals surface area contributed by atoms with Crippen molar-refractivity contribution in [2.45, 2.75) is 75.2 Å². The zero-order valence-corrected chi connectivity index (χ0v) is 29.1. The van der Waals surface area contributed by atoms with Gasteiger partial charge in [0.1, 0.15) is 22.7 Å². The van der Waals surface area contributed by atoms with Crippen molar-refractivity contribution >= 4 is 75.7 Å². The van der Waals surface area contributed by atoms with Crippen LogP contribution in [0.1, 0.15) is 52.3 Å². The fourth-order valence-electron chi connectivity index (χ4n) is 4.51. The number of carboxylic acids is 2. The molecule has 0 aromatic carbocycles. The summed E-state index contributed by atoms with van der Waals surface area (Å²) < 4.78 is 10.7. The number of tetrazole rings is 1. The number of carboxylic acid groups (broad SMARTS) is 2. The normalized spacial score (nSPS) is 17.7. The third-order valence-corrected chi connectivity index (χ3v) is 9.51. The Labute approximate surface area is 291 Å². The van der Waals surface area contributed by atoms with Gasteiger partial charge in [0.25, 0.3) is 11.8 Å². The van der Waals surface area contributed by atoms with Gasteiger partial charge in [-0.15, -0.1) is 16.9 Å². The van der Waals surface area contributed by atoms with Crippen molar-refractivity contribution in [3.63, 3.8) is 0 Å². The summed E-state index contributed by atoms with van der Waals surface area (Å²) in [7, 11) is 0. The lowest BCUT2D eigenvalue weighted by molar-refractivity contribution is -0.150. The van der Waals surface area contributed by atoms with Gasteiger partial charge in [0.2, 0.25) is 23.3 Å². The number of alkyl carbamates (subject to hydrolysis) is 1. The highest BCUT2D eigenvalue weighted by Gasteiger charge is 2.54. The third-order valence-electron chi connectivity index (χ3n) is 6.59. The lowest BCUT2D eigenvalue weighted by Crippen LogP contribution is -2.71. The Hall–Kier alpha value is -4.51. The number of β-lactam (4-membered cyclic amide) rings is 1. The number of hydrogen-bond acceptors (Lipinski definition) is 17. The predicted octanol–water partition coefficient (Wildman–Crippen LogP) is 0.528. The molecule has 0 saturated carbocycles. The predicted molar refractivity (Wildman–Crippen MR) is 175 cm³/mol. The number of aryl methyl sites for hydroxylation is 1. The monoisotopic (exact) mass is 741 g/mol. The van der Waals surface area contributed by atoms with E-state index in [-0.39, 0.29) is 28.2 Å². The van der Waals surface area contributed by atoms with Crippen LogP contribution >= 0.6 is 35.1 Å². The van der Waals surface area contributed by atoms with Gasteiger partial charge in [0, 0.05) is 36.1 Å². The van der Waals surface area contributed by atoms with Gasteiger partial charge in [-0.05, 0) is 49.6 Å². The first kappa shape index (κ1) is 37.3. The summed E-state index contributed by atoms with van der Waals surface area (Å²) >= 11 is 3.27. The van der Waals surface area contributed by atoms with E-state index in [4.69, 9.17) is 15.6 Å². The summed E-state index contributed by atoms with van der Waals surface area (Å²) in [5.74, 6) is -4.01. The van der Waals surface area contributed by atoms with E-state index in [1.165, 1.54) is 23.5 Å². The van der Waals surface area contributed by atoms with E-state index in [0.717, 1.165) is 42.1 Å². The second kappa shape index (κ2) is 16.7. The van der Waals surface area contributed by atoms with E-state index >= 15 is 0 Å². The molecule has 0 bridgehead atoms. The molecule has 1 fully saturated rings. The van der Waals surface area contributed by atoms with Crippen molar-refractivity contribution in [1.82, 2.24) is 45.1 Å². The van der Waals surface area contributed by atoms with Crippen molar-refractivity contribution in [3.05, 3.63) is 17.1 Å². The van der Waals surface area contributed by atoms with E-state index in [1.807, 2.05) is 0 Å². The van der Waals surface area contributed by atoms with Crippen molar-refractivity contribution in [2.24, 2.45) is 5.16 Å². The number of carbonyl (C=O) groups excluding carboxylic acids is 3. The summed E-state index contributed by atoms with van der Waals surface area (Å²) in [6.07, 6.45) is 2.87. The maximum absolute atomic E-state index is 13.2. The second-order valence-electron chi connectivity index (χ2n) is 11.5. The number of nitrogens with two attached hydrogens (primary N) is 1. The molecular weight excluding hydrogens is 707 g/mol. The number of nitrogens with one attached hydrogen (secondary N) is 2. The fourth-order valence-corrected chi connectivity index (χ4v) is 7.33.